The molecule has 30 heavy (non-hydrogen) atoms. The van der Waals surface area contributed by atoms with E-state index < -0.39 is 17.9 Å². The highest BCUT2D eigenvalue weighted by Crippen LogP contribution is 2.43. The van der Waals surface area contributed by atoms with E-state index >= 15 is 0 Å². The highest BCUT2D eigenvalue weighted by Gasteiger charge is 2.31. The molecule has 168 valence electrons. The number of esters is 1. The Labute approximate surface area is 182 Å². The Morgan fingerprint density at radius 2 is 1.67 bits per heavy atom. The van der Waals surface area contributed by atoms with E-state index in [4.69, 9.17) is 4.74 Å². The fraction of sp³-hybridized carbons (Fsp3) is 0.615. The molecule has 0 heterocycles. The second-order valence-corrected chi connectivity index (χ2v) is 9.20. The SMILES string of the molecule is CCC(C)(C)CC(CC)(CC)C/C=C/CC(CC(=O)OCc1ccccc1)C(=O)O. The average Bonchev–Trinajstić information content (AvgIpc) is 2.74. The standard InChI is InChI=1S/C26H40O4/c1-6-25(4,5)20-26(7-2,8-3)17-13-12-16-22(24(28)29)18-23(27)30-19-21-14-10-9-11-15-21/h9-15,22H,6-8,16-20H2,1-5H3,(H,28,29)/b13-12+. The van der Waals surface area contributed by atoms with E-state index in [0.29, 0.717) is 11.8 Å². The minimum atomic E-state index is -0.958. The van der Waals surface area contributed by atoms with Crippen molar-refractivity contribution in [3.63, 3.8) is 0 Å². The minimum absolute atomic E-state index is 0.109. The van der Waals surface area contributed by atoms with Gasteiger partial charge in [-0.05, 0) is 35.7 Å². The smallest absolute Gasteiger partial charge is 0.307 e. The van der Waals surface area contributed by atoms with Crippen LogP contribution in [0.2, 0.25) is 0 Å². The molecule has 1 atom stereocenters. The van der Waals surface area contributed by atoms with Crippen LogP contribution in [-0.4, -0.2) is 17.0 Å². The van der Waals surface area contributed by atoms with Crippen molar-refractivity contribution in [2.24, 2.45) is 16.7 Å². The quantitative estimate of drug-likeness (QED) is 0.268. The molecule has 0 bridgehead atoms. The van der Waals surface area contributed by atoms with Gasteiger partial charge in [0.1, 0.15) is 6.61 Å². The van der Waals surface area contributed by atoms with Crippen LogP contribution >= 0.6 is 0 Å². The van der Waals surface area contributed by atoms with Crippen molar-refractivity contribution in [1.82, 2.24) is 0 Å². The van der Waals surface area contributed by atoms with E-state index in [-0.39, 0.29) is 18.4 Å². The molecule has 0 saturated carbocycles. The molecule has 0 saturated heterocycles. The number of carboxylic acid groups (broad SMARTS) is 1. The summed E-state index contributed by atoms with van der Waals surface area (Å²) in [7, 11) is 0. The number of allylic oxidation sites excluding steroid dienone is 2. The molecule has 4 heteroatoms. The molecule has 0 aliphatic heterocycles. The van der Waals surface area contributed by atoms with Crippen molar-refractivity contribution in [3.8, 4) is 0 Å². The Bertz CT molecular complexity index is 672. The average molecular weight is 417 g/mol. The minimum Gasteiger partial charge on any atom is -0.481 e. The molecular formula is C26H40O4. The first-order valence-corrected chi connectivity index (χ1v) is 11.2. The van der Waals surface area contributed by atoms with Gasteiger partial charge in [-0.1, -0.05) is 96.4 Å². The van der Waals surface area contributed by atoms with Gasteiger partial charge >= 0.3 is 11.9 Å². The van der Waals surface area contributed by atoms with Crippen LogP contribution in [0, 0.1) is 16.7 Å². The first-order valence-electron chi connectivity index (χ1n) is 11.2. The highest BCUT2D eigenvalue weighted by molar-refractivity contribution is 5.78. The van der Waals surface area contributed by atoms with E-state index in [1.54, 1.807) is 0 Å². The fourth-order valence-electron chi connectivity index (χ4n) is 3.86. The van der Waals surface area contributed by atoms with Gasteiger partial charge in [0.05, 0.1) is 12.3 Å². The lowest BCUT2D eigenvalue weighted by molar-refractivity contribution is -0.152. The summed E-state index contributed by atoms with van der Waals surface area (Å²) in [5, 5.41) is 9.50. The number of benzene rings is 1. The number of rotatable bonds is 14. The monoisotopic (exact) mass is 416 g/mol. The number of carbonyl (C=O) groups excluding carboxylic acids is 1. The lowest BCUT2D eigenvalue weighted by Crippen LogP contribution is -2.26. The van der Waals surface area contributed by atoms with Gasteiger partial charge in [0.25, 0.3) is 0 Å². The Morgan fingerprint density at radius 1 is 1.03 bits per heavy atom. The third kappa shape index (κ3) is 9.15. The molecular weight excluding hydrogens is 376 g/mol. The van der Waals surface area contributed by atoms with E-state index in [9.17, 15) is 14.7 Å². The topological polar surface area (TPSA) is 63.6 Å². The van der Waals surface area contributed by atoms with Gasteiger partial charge in [-0.15, -0.1) is 0 Å². The molecule has 0 spiro atoms. The van der Waals surface area contributed by atoms with Crippen LogP contribution < -0.4 is 0 Å². The lowest BCUT2D eigenvalue weighted by Gasteiger charge is -2.38. The summed E-state index contributed by atoms with van der Waals surface area (Å²) >= 11 is 0. The van der Waals surface area contributed by atoms with Gasteiger partial charge in [-0.25, -0.2) is 0 Å². The molecule has 0 radical (unpaired) electrons. The van der Waals surface area contributed by atoms with Crippen molar-refractivity contribution >= 4 is 11.9 Å². The van der Waals surface area contributed by atoms with Crippen LogP contribution in [0.1, 0.15) is 85.1 Å². The van der Waals surface area contributed by atoms with Crippen molar-refractivity contribution < 1.29 is 19.4 Å². The van der Waals surface area contributed by atoms with Crippen molar-refractivity contribution in [2.75, 3.05) is 0 Å². The number of aliphatic carboxylic acids is 1. The van der Waals surface area contributed by atoms with E-state index in [1.165, 1.54) is 0 Å². The zero-order valence-corrected chi connectivity index (χ0v) is 19.4. The van der Waals surface area contributed by atoms with Crippen LogP contribution in [0.4, 0.5) is 0 Å². The summed E-state index contributed by atoms with van der Waals surface area (Å²) in [4.78, 5) is 23.7. The molecule has 1 rings (SSSR count). The van der Waals surface area contributed by atoms with Crippen molar-refractivity contribution in [2.45, 2.75) is 86.2 Å². The second kappa shape index (κ2) is 12.6. The molecule has 4 nitrogen and oxygen atoms in total. The summed E-state index contributed by atoms with van der Waals surface area (Å²) in [6, 6.07) is 9.40. The summed E-state index contributed by atoms with van der Waals surface area (Å²) < 4.78 is 5.24. The molecule has 1 aromatic rings. The van der Waals surface area contributed by atoms with Crippen molar-refractivity contribution in [3.05, 3.63) is 48.0 Å². The lowest BCUT2D eigenvalue weighted by atomic mass is 9.67. The molecule has 0 amide bonds. The number of hydrogen-bond donors (Lipinski definition) is 1. The number of ether oxygens (including phenoxy) is 1. The second-order valence-electron chi connectivity index (χ2n) is 9.20. The van der Waals surface area contributed by atoms with Gasteiger partial charge in [-0.3, -0.25) is 9.59 Å². The van der Waals surface area contributed by atoms with E-state index in [1.807, 2.05) is 36.4 Å². The zero-order valence-electron chi connectivity index (χ0n) is 19.4. The first kappa shape index (κ1) is 25.9. The third-order valence-electron chi connectivity index (χ3n) is 6.45. The molecule has 1 aromatic carbocycles. The van der Waals surface area contributed by atoms with Gasteiger partial charge in [-0.2, -0.15) is 0 Å². The molecule has 1 unspecified atom stereocenters. The maximum atomic E-state index is 12.1. The zero-order chi connectivity index (χ0) is 22.6. The largest absolute Gasteiger partial charge is 0.481 e. The molecule has 1 N–H and O–H groups in total. The predicted octanol–water partition coefficient (Wildman–Crippen LogP) is 6.79. The summed E-state index contributed by atoms with van der Waals surface area (Å²) in [6.07, 6.45) is 9.72. The summed E-state index contributed by atoms with van der Waals surface area (Å²) in [6.45, 7) is 11.5. The maximum Gasteiger partial charge on any atom is 0.307 e. The van der Waals surface area contributed by atoms with Crippen LogP contribution in [0.25, 0.3) is 0 Å². The third-order valence-corrected chi connectivity index (χ3v) is 6.45. The van der Waals surface area contributed by atoms with Crippen LogP contribution in [0.3, 0.4) is 0 Å². The normalized spacial score (nSPS) is 13.4. The number of carboxylic acids is 1. The van der Waals surface area contributed by atoms with Crippen LogP contribution in [-0.2, 0) is 20.9 Å². The van der Waals surface area contributed by atoms with Gasteiger partial charge in [0.15, 0.2) is 0 Å². The fourth-order valence-corrected chi connectivity index (χ4v) is 3.86. The van der Waals surface area contributed by atoms with Gasteiger partial charge in [0.2, 0.25) is 0 Å². The van der Waals surface area contributed by atoms with Crippen molar-refractivity contribution in [1.29, 1.82) is 0 Å². The highest BCUT2D eigenvalue weighted by atomic mass is 16.5. The maximum absolute atomic E-state index is 12.1. The van der Waals surface area contributed by atoms with Crippen LogP contribution in [0.15, 0.2) is 42.5 Å². The first-order chi connectivity index (χ1) is 14.2. The van der Waals surface area contributed by atoms with Gasteiger partial charge in [0, 0.05) is 0 Å². The molecule has 0 aromatic heterocycles. The van der Waals surface area contributed by atoms with Gasteiger partial charge < -0.3 is 9.84 Å². The molecule has 0 fully saturated rings. The Hall–Kier alpha value is -2.10. The molecule has 0 aliphatic carbocycles. The molecule has 0 aliphatic rings. The predicted molar refractivity (Wildman–Crippen MR) is 122 cm³/mol. The number of hydrogen-bond acceptors (Lipinski definition) is 3. The summed E-state index contributed by atoms with van der Waals surface area (Å²) in [5.74, 6) is -2.18. The Morgan fingerprint density at radius 3 is 2.20 bits per heavy atom. The van der Waals surface area contributed by atoms with E-state index in [2.05, 4.69) is 40.7 Å². The Balaban J connectivity index is 2.60. The van der Waals surface area contributed by atoms with E-state index in [0.717, 1.165) is 37.7 Å². The number of carbonyl (C=O) groups is 2. The van der Waals surface area contributed by atoms with Crippen LogP contribution in [0.5, 0.6) is 0 Å². The Kier molecular flexibility index (Phi) is 10.9. The summed E-state index contributed by atoms with van der Waals surface area (Å²) in [5.41, 5.74) is 1.43.